The molecule has 4 nitrogen and oxygen atoms in total. The van der Waals surface area contributed by atoms with Crippen LogP contribution in [-0.4, -0.2) is 17.0 Å². The van der Waals surface area contributed by atoms with Crippen molar-refractivity contribution in [2.24, 2.45) is 0 Å². The number of thiophene rings is 1. The van der Waals surface area contributed by atoms with Crippen LogP contribution in [0.5, 0.6) is 0 Å². The van der Waals surface area contributed by atoms with Crippen LogP contribution in [0.1, 0.15) is 22.3 Å². The molecule has 138 valence electrons. The van der Waals surface area contributed by atoms with E-state index in [1.807, 2.05) is 24.3 Å². The zero-order valence-electron chi connectivity index (χ0n) is 14.0. The fourth-order valence-electron chi connectivity index (χ4n) is 2.64. The molecular formula is C20H15BrFNO3S. The second-order valence-electron chi connectivity index (χ2n) is 5.84. The van der Waals surface area contributed by atoms with Crippen molar-refractivity contribution in [2.45, 2.75) is 12.8 Å². The van der Waals surface area contributed by atoms with E-state index in [0.29, 0.717) is 22.5 Å². The second-order valence-corrected chi connectivity index (χ2v) is 7.64. The van der Waals surface area contributed by atoms with Crippen LogP contribution < -0.4 is 5.32 Å². The Hall–Kier alpha value is -2.51. The third kappa shape index (κ3) is 4.81. The molecule has 3 aromatic rings. The molecule has 0 radical (unpaired) electrons. The molecule has 0 saturated heterocycles. The summed E-state index contributed by atoms with van der Waals surface area (Å²) in [5.74, 6) is -1.76. The van der Waals surface area contributed by atoms with Crippen molar-refractivity contribution >= 4 is 44.1 Å². The van der Waals surface area contributed by atoms with Gasteiger partial charge in [-0.15, -0.1) is 11.3 Å². The molecule has 2 N–H and O–H groups in total. The number of benzene rings is 2. The van der Waals surface area contributed by atoms with Gasteiger partial charge < -0.3 is 10.4 Å². The van der Waals surface area contributed by atoms with Crippen LogP contribution in [0.3, 0.4) is 0 Å². The van der Waals surface area contributed by atoms with Crippen molar-refractivity contribution in [3.63, 3.8) is 0 Å². The normalized spacial score (nSPS) is 10.6. The molecule has 7 heteroatoms. The maximum atomic E-state index is 13.2. The van der Waals surface area contributed by atoms with E-state index in [4.69, 9.17) is 0 Å². The number of anilines is 1. The van der Waals surface area contributed by atoms with Gasteiger partial charge in [-0.1, -0.05) is 40.2 Å². The van der Waals surface area contributed by atoms with Gasteiger partial charge in [0.25, 0.3) is 0 Å². The number of carbonyl (C=O) groups excluding carboxylic acids is 1. The number of amides is 1. The van der Waals surface area contributed by atoms with Crippen LogP contribution in [0.15, 0.2) is 58.4 Å². The van der Waals surface area contributed by atoms with Gasteiger partial charge in [-0.3, -0.25) is 4.79 Å². The monoisotopic (exact) mass is 447 g/mol. The Bertz CT molecular complexity index is 985. The van der Waals surface area contributed by atoms with Crippen molar-refractivity contribution in [3.05, 3.63) is 75.3 Å². The lowest BCUT2D eigenvalue weighted by Crippen LogP contribution is -2.14. The number of hydrogen-bond acceptors (Lipinski definition) is 3. The Balaban J connectivity index is 1.75. The lowest BCUT2D eigenvalue weighted by molar-refractivity contribution is -0.116. The van der Waals surface area contributed by atoms with Gasteiger partial charge >= 0.3 is 5.97 Å². The summed E-state index contributed by atoms with van der Waals surface area (Å²) in [7, 11) is 0. The van der Waals surface area contributed by atoms with E-state index < -0.39 is 5.97 Å². The number of halogens is 2. The van der Waals surface area contributed by atoms with Gasteiger partial charge in [0.1, 0.15) is 16.4 Å². The third-order valence-corrected chi connectivity index (χ3v) is 5.37. The number of carboxylic acids is 1. The average molecular weight is 448 g/mol. The molecule has 1 aromatic heterocycles. The Morgan fingerprint density at radius 1 is 1.15 bits per heavy atom. The smallest absolute Gasteiger partial charge is 0.339 e. The minimum atomic E-state index is -1.10. The highest BCUT2D eigenvalue weighted by Gasteiger charge is 2.21. The quantitative estimate of drug-likeness (QED) is 0.517. The zero-order valence-corrected chi connectivity index (χ0v) is 16.4. The zero-order chi connectivity index (χ0) is 19.4. The first-order chi connectivity index (χ1) is 12.9. The highest BCUT2D eigenvalue weighted by molar-refractivity contribution is 9.10. The standard InChI is InChI=1S/C20H15BrFNO3S/c21-14-7-5-13(6-8-14)16-11-27-19(18(16)20(25)26)23-17(24)9-4-12-2-1-3-15(22)10-12/h1-3,5-8,10-11H,4,9H2,(H,23,24)(H,25,26). The summed E-state index contributed by atoms with van der Waals surface area (Å²) < 4.78 is 14.1. The Labute approximate surface area is 167 Å². The molecule has 0 spiro atoms. The van der Waals surface area contributed by atoms with Crippen molar-refractivity contribution in [1.82, 2.24) is 0 Å². The van der Waals surface area contributed by atoms with E-state index in [1.165, 1.54) is 23.5 Å². The summed E-state index contributed by atoms with van der Waals surface area (Å²) in [6.07, 6.45) is 0.505. The van der Waals surface area contributed by atoms with Crippen molar-refractivity contribution < 1.29 is 19.1 Å². The molecule has 1 amide bonds. The van der Waals surface area contributed by atoms with E-state index in [-0.39, 0.29) is 23.7 Å². The summed E-state index contributed by atoms with van der Waals surface area (Å²) in [5, 5.41) is 14.3. The number of aromatic carboxylic acids is 1. The molecule has 0 fully saturated rings. The number of aryl methyl sites for hydroxylation is 1. The number of carboxylic acid groups (broad SMARTS) is 1. The maximum absolute atomic E-state index is 13.2. The largest absolute Gasteiger partial charge is 0.478 e. The van der Waals surface area contributed by atoms with Crippen LogP contribution in [-0.2, 0) is 11.2 Å². The van der Waals surface area contributed by atoms with Crippen molar-refractivity contribution in [1.29, 1.82) is 0 Å². The van der Waals surface area contributed by atoms with Gasteiger partial charge in [0, 0.05) is 21.8 Å². The van der Waals surface area contributed by atoms with E-state index in [9.17, 15) is 19.1 Å². The molecule has 0 saturated carbocycles. The summed E-state index contributed by atoms with van der Waals surface area (Å²) in [6, 6.07) is 13.4. The van der Waals surface area contributed by atoms with Crippen molar-refractivity contribution in [2.75, 3.05) is 5.32 Å². The Morgan fingerprint density at radius 3 is 2.56 bits per heavy atom. The van der Waals surface area contributed by atoms with Crippen LogP contribution in [0.2, 0.25) is 0 Å². The van der Waals surface area contributed by atoms with Crippen LogP contribution in [0, 0.1) is 5.82 Å². The minimum absolute atomic E-state index is 0.0708. The fourth-order valence-corrected chi connectivity index (χ4v) is 3.89. The summed E-state index contributed by atoms with van der Waals surface area (Å²) in [6.45, 7) is 0. The van der Waals surface area contributed by atoms with Gasteiger partial charge in [0.15, 0.2) is 0 Å². The maximum Gasteiger partial charge on any atom is 0.339 e. The first kappa shape index (κ1) is 19.3. The molecular weight excluding hydrogens is 433 g/mol. The number of hydrogen-bond donors (Lipinski definition) is 2. The van der Waals surface area contributed by atoms with Crippen LogP contribution in [0.25, 0.3) is 11.1 Å². The predicted octanol–water partition coefficient (Wildman–Crippen LogP) is 5.59. The molecule has 2 aromatic carbocycles. The fraction of sp³-hybridized carbons (Fsp3) is 0.100. The highest BCUT2D eigenvalue weighted by atomic mass is 79.9. The predicted molar refractivity (Wildman–Crippen MR) is 108 cm³/mol. The summed E-state index contributed by atoms with van der Waals surface area (Å²) in [4.78, 5) is 24.0. The molecule has 0 aliphatic carbocycles. The molecule has 3 rings (SSSR count). The first-order valence-electron chi connectivity index (χ1n) is 8.09. The topological polar surface area (TPSA) is 66.4 Å². The van der Waals surface area contributed by atoms with Gasteiger partial charge in [-0.2, -0.15) is 0 Å². The summed E-state index contributed by atoms with van der Waals surface area (Å²) in [5.41, 5.74) is 2.10. The van der Waals surface area contributed by atoms with E-state index in [1.54, 1.807) is 17.5 Å². The van der Waals surface area contributed by atoms with Gasteiger partial charge in [-0.25, -0.2) is 9.18 Å². The highest BCUT2D eigenvalue weighted by Crippen LogP contribution is 2.36. The Morgan fingerprint density at radius 2 is 1.89 bits per heavy atom. The van der Waals surface area contributed by atoms with Crippen LogP contribution >= 0.6 is 27.3 Å². The second kappa shape index (κ2) is 8.45. The molecule has 1 heterocycles. The number of nitrogens with one attached hydrogen (secondary N) is 1. The van der Waals surface area contributed by atoms with E-state index in [2.05, 4.69) is 21.2 Å². The lowest BCUT2D eigenvalue weighted by Gasteiger charge is -2.06. The average Bonchev–Trinajstić information content (AvgIpc) is 3.04. The first-order valence-corrected chi connectivity index (χ1v) is 9.76. The van der Waals surface area contributed by atoms with E-state index >= 15 is 0 Å². The third-order valence-electron chi connectivity index (χ3n) is 3.94. The molecule has 0 atom stereocenters. The SMILES string of the molecule is O=C(CCc1cccc(F)c1)Nc1scc(-c2ccc(Br)cc2)c1C(=O)O. The van der Waals surface area contributed by atoms with Gasteiger partial charge in [0.05, 0.1) is 0 Å². The molecule has 27 heavy (non-hydrogen) atoms. The molecule has 0 aliphatic rings. The number of carbonyl (C=O) groups is 2. The summed E-state index contributed by atoms with van der Waals surface area (Å²) >= 11 is 4.52. The van der Waals surface area contributed by atoms with E-state index in [0.717, 1.165) is 10.0 Å². The van der Waals surface area contributed by atoms with Gasteiger partial charge in [0.2, 0.25) is 5.91 Å². The Kier molecular flexibility index (Phi) is 6.03. The van der Waals surface area contributed by atoms with Crippen LogP contribution in [0.4, 0.5) is 9.39 Å². The molecule has 0 unspecified atom stereocenters. The number of rotatable bonds is 6. The lowest BCUT2D eigenvalue weighted by atomic mass is 10.0. The molecule has 0 bridgehead atoms. The minimum Gasteiger partial charge on any atom is -0.478 e. The molecule has 0 aliphatic heterocycles. The van der Waals surface area contributed by atoms with Gasteiger partial charge in [-0.05, 0) is 41.8 Å². The van der Waals surface area contributed by atoms with Crippen molar-refractivity contribution in [3.8, 4) is 11.1 Å².